The number of aliphatic carboxylic acids is 1. The molecule has 3 rings (SSSR count). The summed E-state index contributed by atoms with van der Waals surface area (Å²) in [5, 5.41) is 9.04. The summed E-state index contributed by atoms with van der Waals surface area (Å²) in [6.45, 7) is 1.75. The van der Waals surface area contributed by atoms with E-state index in [0.29, 0.717) is 6.42 Å². The van der Waals surface area contributed by atoms with Crippen LogP contribution in [0.5, 0.6) is 0 Å². The molecule has 1 amide bonds. The lowest BCUT2D eigenvalue weighted by molar-refractivity contribution is -0.143. The topological polar surface area (TPSA) is 57.6 Å². The van der Waals surface area contributed by atoms with Crippen LogP contribution in [-0.2, 0) is 9.59 Å². The molecule has 0 spiro atoms. The highest BCUT2D eigenvalue weighted by molar-refractivity contribution is 5.84. The predicted molar refractivity (Wildman–Crippen MR) is 78.7 cm³/mol. The maximum atomic E-state index is 13.8. The van der Waals surface area contributed by atoms with Crippen LogP contribution in [0, 0.1) is 23.5 Å². The van der Waals surface area contributed by atoms with Gasteiger partial charge in [-0.05, 0) is 48.9 Å². The number of benzene rings is 1. The fourth-order valence-corrected chi connectivity index (χ4v) is 3.00. The molecule has 2 aliphatic carbocycles. The van der Waals surface area contributed by atoms with Crippen molar-refractivity contribution in [2.75, 3.05) is 6.54 Å². The van der Waals surface area contributed by atoms with E-state index in [4.69, 9.17) is 5.11 Å². The van der Waals surface area contributed by atoms with Gasteiger partial charge in [0.2, 0.25) is 5.91 Å². The zero-order chi connectivity index (χ0) is 16.7. The Bertz CT molecular complexity index is 645. The van der Waals surface area contributed by atoms with Crippen molar-refractivity contribution in [1.29, 1.82) is 0 Å². The monoisotopic (exact) mass is 323 g/mol. The van der Waals surface area contributed by atoms with Gasteiger partial charge in [0.15, 0.2) is 0 Å². The number of halogens is 2. The molecule has 0 unspecified atom stereocenters. The lowest BCUT2D eigenvalue weighted by atomic mass is 10.1. The van der Waals surface area contributed by atoms with Gasteiger partial charge >= 0.3 is 5.97 Å². The summed E-state index contributed by atoms with van der Waals surface area (Å²) in [4.78, 5) is 25.3. The third kappa shape index (κ3) is 3.35. The first-order chi connectivity index (χ1) is 10.9. The lowest BCUT2D eigenvalue weighted by Crippen LogP contribution is -2.39. The smallest absolute Gasteiger partial charge is 0.308 e. The van der Waals surface area contributed by atoms with Gasteiger partial charge in [0.1, 0.15) is 11.6 Å². The summed E-state index contributed by atoms with van der Waals surface area (Å²) in [6.07, 6.45) is 2.25. The van der Waals surface area contributed by atoms with E-state index < -0.39 is 23.5 Å². The summed E-state index contributed by atoms with van der Waals surface area (Å²) in [5.41, 5.74) is 0.241. The van der Waals surface area contributed by atoms with Crippen LogP contribution in [0.2, 0.25) is 0 Å². The Morgan fingerprint density at radius 2 is 2.04 bits per heavy atom. The van der Waals surface area contributed by atoms with Crippen molar-refractivity contribution in [2.45, 2.75) is 38.1 Å². The molecule has 23 heavy (non-hydrogen) atoms. The van der Waals surface area contributed by atoms with Gasteiger partial charge < -0.3 is 10.0 Å². The summed E-state index contributed by atoms with van der Waals surface area (Å²) >= 11 is 0. The van der Waals surface area contributed by atoms with E-state index in [9.17, 15) is 18.4 Å². The van der Waals surface area contributed by atoms with Crippen LogP contribution in [0.4, 0.5) is 8.78 Å². The van der Waals surface area contributed by atoms with Gasteiger partial charge in [-0.25, -0.2) is 8.78 Å². The molecule has 4 nitrogen and oxygen atoms in total. The molecule has 1 aromatic carbocycles. The van der Waals surface area contributed by atoms with Gasteiger partial charge in [-0.3, -0.25) is 9.59 Å². The molecule has 0 aromatic heterocycles. The number of carboxylic acids is 1. The van der Waals surface area contributed by atoms with Crippen molar-refractivity contribution in [3.8, 4) is 0 Å². The van der Waals surface area contributed by atoms with E-state index in [1.54, 1.807) is 11.8 Å². The van der Waals surface area contributed by atoms with Crippen molar-refractivity contribution in [1.82, 2.24) is 4.90 Å². The van der Waals surface area contributed by atoms with Crippen LogP contribution < -0.4 is 0 Å². The Kier molecular flexibility index (Phi) is 4.08. The maximum Gasteiger partial charge on any atom is 0.308 e. The molecule has 2 aliphatic rings. The molecule has 0 heterocycles. The maximum absolute atomic E-state index is 13.8. The molecular formula is C17H19F2NO3. The number of carboxylic acid groups (broad SMARTS) is 1. The third-order valence-electron chi connectivity index (χ3n) is 4.63. The fourth-order valence-electron chi connectivity index (χ4n) is 3.00. The Balaban J connectivity index is 1.70. The minimum absolute atomic E-state index is 0.0999. The van der Waals surface area contributed by atoms with E-state index in [1.165, 1.54) is 0 Å². The molecule has 124 valence electrons. The van der Waals surface area contributed by atoms with Crippen molar-refractivity contribution < 1.29 is 23.5 Å². The average molecular weight is 323 g/mol. The number of hydrogen-bond acceptors (Lipinski definition) is 2. The highest BCUT2D eigenvalue weighted by atomic mass is 19.1. The normalized spacial score (nSPS) is 24.1. The van der Waals surface area contributed by atoms with Crippen molar-refractivity contribution in [3.05, 3.63) is 35.4 Å². The molecule has 0 bridgehead atoms. The molecular weight excluding hydrogens is 304 g/mol. The van der Waals surface area contributed by atoms with Gasteiger partial charge in [-0.2, -0.15) is 0 Å². The van der Waals surface area contributed by atoms with Gasteiger partial charge in [-0.15, -0.1) is 0 Å². The number of amides is 1. The Hall–Kier alpha value is -1.98. The van der Waals surface area contributed by atoms with E-state index in [2.05, 4.69) is 0 Å². The van der Waals surface area contributed by atoms with Crippen LogP contribution >= 0.6 is 0 Å². The Morgan fingerprint density at radius 1 is 1.35 bits per heavy atom. The Labute approximate surface area is 133 Å². The van der Waals surface area contributed by atoms with Gasteiger partial charge in [0.25, 0.3) is 0 Å². The van der Waals surface area contributed by atoms with Crippen LogP contribution in [0.3, 0.4) is 0 Å². The summed E-state index contributed by atoms with van der Waals surface area (Å²) in [7, 11) is 0. The first-order valence-corrected chi connectivity index (χ1v) is 7.86. The van der Waals surface area contributed by atoms with Crippen LogP contribution in [-0.4, -0.2) is 34.5 Å². The Morgan fingerprint density at radius 3 is 2.65 bits per heavy atom. The van der Waals surface area contributed by atoms with Gasteiger partial charge in [0.05, 0.1) is 5.92 Å². The van der Waals surface area contributed by atoms with Crippen molar-refractivity contribution in [3.63, 3.8) is 0 Å². The molecule has 0 aliphatic heterocycles. The number of nitrogens with zero attached hydrogens (tertiary/aromatic N) is 1. The number of rotatable bonds is 6. The third-order valence-corrected chi connectivity index (χ3v) is 4.63. The molecule has 2 saturated carbocycles. The van der Waals surface area contributed by atoms with Gasteiger partial charge in [-0.1, -0.05) is 6.92 Å². The van der Waals surface area contributed by atoms with E-state index in [0.717, 1.165) is 31.0 Å². The zero-order valence-corrected chi connectivity index (χ0v) is 12.8. The van der Waals surface area contributed by atoms with Gasteiger partial charge in [0, 0.05) is 18.5 Å². The fraction of sp³-hybridized carbons (Fsp3) is 0.529. The standard InChI is InChI=1S/C17H19F2NO3/c1-9(17(22)23)8-20(11-3-4-11)16(21)14-7-12(14)13-6-10(18)2-5-15(13)19/h2,5-6,9,11-12,14H,3-4,7-8H2,1H3,(H,22,23)/t9-,12+,14+/m1/s1. The van der Waals surface area contributed by atoms with Crippen LogP contribution in [0.1, 0.15) is 37.7 Å². The average Bonchev–Trinajstić information content (AvgIpc) is 3.38. The lowest BCUT2D eigenvalue weighted by Gasteiger charge is -2.24. The minimum atomic E-state index is -0.938. The summed E-state index contributed by atoms with van der Waals surface area (Å²) < 4.78 is 27.1. The summed E-state index contributed by atoms with van der Waals surface area (Å²) in [5.74, 6) is -3.39. The molecule has 0 saturated heterocycles. The van der Waals surface area contributed by atoms with E-state index >= 15 is 0 Å². The van der Waals surface area contributed by atoms with E-state index in [1.807, 2.05) is 0 Å². The molecule has 3 atom stereocenters. The number of carbonyl (C=O) groups excluding carboxylic acids is 1. The zero-order valence-electron chi connectivity index (χ0n) is 12.8. The molecule has 6 heteroatoms. The van der Waals surface area contributed by atoms with Crippen LogP contribution in [0.15, 0.2) is 18.2 Å². The van der Waals surface area contributed by atoms with Crippen LogP contribution in [0.25, 0.3) is 0 Å². The number of carbonyl (C=O) groups is 2. The predicted octanol–water partition coefficient (Wildman–Crippen LogP) is 2.78. The number of hydrogen-bond donors (Lipinski definition) is 1. The largest absolute Gasteiger partial charge is 0.481 e. The molecule has 1 aromatic rings. The quantitative estimate of drug-likeness (QED) is 0.876. The first kappa shape index (κ1) is 15.9. The SMILES string of the molecule is C[C@H](CN(C(=O)[C@H]1C[C@H]1c1cc(F)ccc1F)C1CC1)C(=O)O. The second-order valence-electron chi connectivity index (χ2n) is 6.58. The minimum Gasteiger partial charge on any atom is -0.481 e. The second-order valence-corrected chi connectivity index (χ2v) is 6.58. The van der Waals surface area contributed by atoms with Crippen molar-refractivity contribution in [2.24, 2.45) is 11.8 Å². The second kappa shape index (κ2) is 5.91. The highest BCUT2D eigenvalue weighted by Crippen LogP contribution is 2.50. The first-order valence-electron chi connectivity index (χ1n) is 7.86. The molecule has 0 radical (unpaired) electrons. The van der Waals surface area contributed by atoms with E-state index in [-0.39, 0.29) is 35.9 Å². The molecule has 1 N–H and O–H groups in total. The highest BCUT2D eigenvalue weighted by Gasteiger charge is 2.49. The van der Waals surface area contributed by atoms with Crippen molar-refractivity contribution >= 4 is 11.9 Å². The summed E-state index contributed by atoms with van der Waals surface area (Å²) in [6, 6.07) is 3.39. The molecule has 2 fully saturated rings.